The first-order chi connectivity index (χ1) is 14.9. The highest BCUT2D eigenvalue weighted by Crippen LogP contribution is 2.43. The number of piperidine rings is 1. The van der Waals surface area contributed by atoms with Gasteiger partial charge in [0.15, 0.2) is 0 Å². The number of hydrogen-bond donors (Lipinski definition) is 1. The zero-order chi connectivity index (χ0) is 22.0. The lowest BCUT2D eigenvalue weighted by Gasteiger charge is -2.44. The van der Waals surface area contributed by atoms with Crippen molar-refractivity contribution in [1.82, 2.24) is 15.2 Å². The maximum absolute atomic E-state index is 13.5. The number of likely N-dealkylation sites (tertiary alicyclic amines) is 1. The van der Waals surface area contributed by atoms with Crippen molar-refractivity contribution in [3.63, 3.8) is 0 Å². The second-order valence-electron chi connectivity index (χ2n) is 9.78. The van der Waals surface area contributed by atoms with Crippen LogP contribution in [0.25, 0.3) is 0 Å². The molecule has 31 heavy (non-hydrogen) atoms. The average Bonchev–Trinajstić information content (AvgIpc) is 3.06. The van der Waals surface area contributed by atoms with Gasteiger partial charge in [-0.3, -0.25) is 9.59 Å². The molecule has 168 valence electrons. The lowest BCUT2D eigenvalue weighted by molar-refractivity contribution is -0.141. The summed E-state index contributed by atoms with van der Waals surface area (Å²) in [6.07, 6.45) is 6.72. The largest absolute Gasteiger partial charge is 0.358 e. The second kappa shape index (κ2) is 9.11. The Labute approximate surface area is 186 Å². The van der Waals surface area contributed by atoms with Crippen LogP contribution in [0.1, 0.15) is 57.9 Å². The summed E-state index contributed by atoms with van der Waals surface area (Å²) in [5.74, 6) is 1.43. The molecule has 0 atom stereocenters. The minimum absolute atomic E-state index is 0.0156. The Bertz CT molecular complexity index is 819. The van der Waals surface area contributed by atoms with E-state index in [1.165, 1.54) is 30.7 Å². The van der Waals surface area contributed by atoms with Crippen molar-refractivity contribution in [3.8, 4) is 0 Å². The summed E-state index contributed by atoms with van der Waals surface area (Å²) in [7, 11) is 1.59. The Kier molecular flexibility index (Phi) is 6.47. The molecule has 2 aliphatic heterocycles. The predicted molar refractivity (Wildman–Crippen MR) is 123 cm³/mol. The molecule has 4 rings (SSSR count). The standard InChI is InChI=1S/C25H36N4O2/c1-18(2)19-9-11-21(12-10-19)28-15-13-25(14-16-28)23(20-7-5-4-6-8-20)27-29(24(25)31)17-22(30)26-3/h4-8,18-19,21H,9-17H2,1-3H3,(H,26,30). The van der Waals surface area contributed by atoms with Crippen LogP contribution in [0.15, 0.2) is 35.4 Å². The maximum atomic E-state index is 13.5. The molecular formula is C25H36N4O2. The van der Waals surface area contributed by atoms with Gasteiger partial charge >= 0.3 is 0 Å². The Balaban J connectivity index is 1.50. The Morgan fingerprint density at radius 1 is 1.13 bits per heavy atom. The minimum atomic E-state index is -0.610. The number of likely N-dealkylation sites (N-methyl/N-ethyl adjacent to an activating group) is 1. The fraction of sp³-hybridized carbons (Fsp3) is 0.640. The van der Waals surface area contributed by atoms with Gasteiger partial charge in [0.05, 0.1) is 11.1 Å². The van der Waals surface area contributed by atoms with E-state index in [1.807, 2.05) is 30.3 Å². The van der Waals surface area contributed by atoms with Gasteiger partial charge in [-0.1, -0.05) is 44.2 Å². The van der Waals surface area contributed by atoms with Gasteiger partial charge in [-0.05, 0) is 69.0 Å². The predicted octanol–water partition coefficient (Wildman–Crippen LogP) is 3.28. The molecule has 3 aliphatic rings. The van der Waals surface area contributed by atoms with Crippen LogP contribution in [-0.2, 0) is 9.59 Å². The van der Waals surface area contributed by atoms with Crippen LogP contribution in [-0.4, -0.2) is 60.2 Å². The zero-order valence-electron chi connectivity index (χ0n) is 19.1. The molecule has 1 saturated carbocycles. The fourth-order valence-electron chi connectivity index (χ4n) is 5.72. The molecule has 0 aromatic heterocycles. The number of nitrogens with one attached hydrogen (secondary N) is 1. The molecular weight excluding hydrogens is 388 g/mol. The fourth-order valence-corrected chi connectivity index (χ4v) is 5.72. The quantitative estimate of drug-likeness (QED) is 0.789. The van der Waals surface area contributed by atoms with Gasteiger partial charge in [-0.2, -0.15) is 5.10 Å². The molecule has 0 radical (unpaired) electrons. The van der Waals surface area contributed by atoms with Crippen LogP contribution in [0.5, 0.6) is 0 Å². The monoisotopic (exact) mass is 424 g/mol. The minimum Gasteiger partial charge on any atom is -0.358 e. The van der Waals surface area contributed by atoms with Crippen LogP contribution >= 0.6 is 0 Å². The third kappa shape index (κ3) is 4.27. The molecule has 1 aromatic carbocycles. The molecule has 0 unspecified atom stereocenters. The molecule has 2 amide bonds. The zero-order valence-corrected chi connectivity index (χ0v) is 19.1. The molecule has 6 heteroatoms. The average molecular weight is 425 g/mol. The number of hydrogen-bond acceptors (Lipinski definition) is 4. The molecule has 2 heterocycles. The van der Waals surface area contributed by atoms with Crippen molar-refractivity contribution < 1.29 is 9.59 Å². The second-order valence-corrected chi connectivity index (χ2v) is 9.78. The Morgan fingerprint density at radius 3 is 2.35 bits per heavy atom. The van der Waals surface area contributed by atoms with Crippen LogP contribution < -0.4 is 5.32 Å². The van der Waals surface area contributed by atoms with Crippen molar-refractivity contribution in [2.45, 2.75) is 58.4 Å². The van der Waals surface area contributed by atoms with Gasteiger partial charge in [0.25, 0.3) is 5.91 Å². The summed E-state index contributed by atoms with van der Waals surface area (Å²) in [6, 6.07) is 10.6. The molecule has 1 aliphatic carbocycles. The van der Waals surface area contributed by atoms with Crippen molar-refractivity contribution >= 4 is 17.5 Å². The molecule has 0 bridgehead atoms. The van der Waals surface area contributed by atoms with E-state index in [4.69, 9.17) is 5.10 Å². The van der Waals surface area contributed by atoms with E-state index in [0.717, 1.165) is 49.0 Å². The van der Waals surface area contributed by atoms with Gasteiger partial charge in [0.1, 0.15) is 6.54 Å². The molecule has 1 spiro atoms. The van der Waals surface area contributed by atoms with E-state index >= 15 is 0 Å². The number of carbonyl (C=O) groups excluding carboxylic acids is 2. The Morgan fingerprint density at radius 2 is 1.77 bits per heavy atom. The molecule has 1 aromatic rings. The topological polar surface area (TPSA) is 65.0 Å². The van der Waals surface area contributed by atoms with Crippen LogP contribution in [0, 0.1) is 17.3 Å². The summed E-state index contributed by atoms with van der Waals surface area (Å²) in [6.45, 7) is 6.51. The third-order valence-corrected chi connectivity index (χ3v) is 7.79. The van der Waals surface area contributed by atoms with Crippen molar-refractivity contribution in [2.24, 2.45) is 22.4 Å². The summed E-state index contributed by atoms with van der Waals surface area (Å²) < 4.78 is 0. The first-order valence-electron chi connectivity index (χ1n) is 11.9. The van der Waals surface area contributed by atoms with Gasteiger partial charge < -0.3 is 10.2 Å². The van der Waals surface area contributed by atoms with E-state index in [9.17, 15) is 9.59 Å². The summed E-state index contributed by atoms with van der Waals surface area (Å²) >= 11 is 0. The van der Waals surface area contributed by atoms with Crippen LogP contribution in [0.4, 0.5) is 0 Å². The first-order valence-corrected chi connectivity index (χ1v) is 11.9. The number of hydrazone groups is 1. The SMILES string of the molecule is CNC(=O)CN1N=C(c2ccccc2)C2(CCN(C3CCC(C(C)C)CC3)CC2)C1=O. The van der Waals surface area contributed by atoms with Crippen LogP contribution in [0.2, 0.25) is 0 Å². The van der Waals surface area contributed by atoms with E-state index in [1.54, 1.807) is 7.05 Å². The number of carbonyl (C=O) groups is 2. The normalized spacial score (nSPS) is 26.4. The lowest BCUT2D eigenvalue weighted by atomic mass is 9.71. The van der Waals surface area contributed by atoms with Gasteiger partial charge in [-0.25, -0.2) is 5.01 Å². The van der Waals surface area contributed by atoms with Crippen molar-refractivity contribution in [2.75, 3.05) is 26.7 Å². The number of amides is 2. The summed E-state index contributed by atoms with van der Waals surface area (Å²) in [4.78, 5) is 28.1. The summed E-state index contributed by atoms with van der Waals surface area (Å²) in [5.41, 5.74) is 1.22. The molecule has 6 nitrogen and oxygen atoms in total. The number of nitrogens with zero attached hydrogens (tertiary/aromatic N) is 3. The van der Waals surface area contributed by atoms with E-state index < -0.39 is 5.41 Å². The highest BCUT2D eigenvalue weighted by molar-refractivity contribution is 6.20. The van der Waals surface area contributed by atoms with E-state index in [-0.39, 0.29) is 18.4 Å². The maximum Gasteiger partial charge on any atom is 0.255 e. The number of rotatable bonds is 5. The van der Waals surface area contributed by atoms with Gasteiger partial charge in [0.2, 0.25) is 5.91 Å². The smallest absolute Gasteiger partial charge is 0.255 e. The van der Waals surface area contributed by atoms with E-state index in [2.05, 4.69) is 24.1 Å². The number of benzene rings is 1. The lowest BCUT2D eigenvalue weighted by Crippen LogP contribution is -2.52. The highest BCUT2D eigenvalue weighted by Gasteiger charge is 2.53. The van der Waals surface area contributed by atoms with Crippen LogP contribution in [0.3, 0.4) is 0 Å². The van der Waals surface area contributed by atoms with Gasteiger partial charge in [0, 0.05) is 13.1 Å². The molecule has 2 fully saturated rings. The Hall–Kier alpha value is -2.21. The highest BCUT2D eigenvalue weighted by atomic mass is 16.2. The molecule has 1 N–H and O–H groups in total. The van der Waals surface area contributed by atoms with E-state index in [0.29, 0.717) is 6.04 Å². The van der Waals surface area contributed by atoms with Gasteiger partial charge in [-0.15, -0.1) is 0 Å². The first kappa shape index (κ1) is 22.0. The molecule has 1 saturated heterocycles. The van der Waals surface area contributed by atoms with Crippen molar-refractivity contribution in [1.29, 1.82) is 0 Å². The van der Waals surface area contributed by atoms with Crippen molar-refractivity contribution in [3.05, 3.63) is 35.9 Å². The summed E-state index contributed by atoms with van der Waals surface area (Å²) in [5, 5.41) is 8.70. The third-order valence-electron chi connectivity index (χ3n) is 7.79.